The molecule has 0 N–H and O–H groups in total. The number of rotatable bonds is 8. The number of likely N-dealkylation sites (tertiary alicyclic amines) is 1. The summed E-state index contributed by atoms with van der Waals surface area (Å²) in [5.74, 6) is 0.291. The molecular formula is C29H25BrClN3O4S. The Hall–Kier alpha value is -3.40. The molecular weight excluding hydrogens is 602 g/mol. The lowest BCUT2D eigenvalue weighted by atomic mass is 9.92. The van der Waals surface area contributed by atoms with Crippen molar-refractivity contribution in [3.8, 4) is 5.75 Å². The minimum Gasteiger partial charge on any atom is -0.495 e. The zero-order valence-electron chi connectivity index (χ0n) is 21.0. The second-order valence-corrected chi connectivity index (χ2v) is 12.1. The van der Waals surface area contributed by atoms with E-state index in [0.29, 0.717) is 24.5 Å². The number of ether oxygens (including phenoxy) is 1. The summed E-state index contributed by atoms with van der Waals surface area (Å²) in [4.78, 5) is 19.1. The predicted octanol–water partition coefficient (Wildman–Crippen LogP) is 6.14. The van der Waals surface area contributed by atoms with Gasteiger partial charge in [0.15, 0.2) is 0 Å². The first-order valence-corrected chi connectivity index (χ1v) is 14.8. The molecule has 200 valence electrons. The van der Waals surface area contributed by atoms with Crippen LogP contribution >= 0.6 is 27.5 Å². The van der Waals surface area contributed by atoms with Gasteiger partial charge in [-0.2, -0.15) is 0 Å². The lowest BCUT2D eigenvalue weighted by Crippen LogP contribution is -2.48. The van der Waals surface area contributed by atoms with Gasteiger partial charge < -0.3 is 9.64 Å². The Bertz CT molecular complexity index is 1610. The zero-order valence-corrected chi connectivity index (χ0v) is 24.2. The second-order valence-electron chi connectivity index (χ2n) is 9.10. The zero-order chi connectivity index (χ0) is 27.6. The molecule has 0 bridgehead atoms. The van der Waals surface area contributed by atoms with Crippen molar-refractivity contribution in [2.75, 3.05) is 24.5 Å². The van der Waals surface area contributed by atoms with Gasteiger partial charge in [-0.3, -0.25) is 9.10 Å². The van der Waals surface area contributed by atoms with Crippen molar-refractivity contribution < 1.29 is 17.9 Å². The number of pyridine rings is 1. The number of sulfonamides is 1. The highest BCUT2D eigenvalue weighted by Crippen LogP contribution is 2.37. The smallest absolute Gasteiger partial charge is 0.266 e. The molecule has 0 radical (unpaired) electrons. The van der Waals surface area contributed by atoms with E-state index in [1.165, 1.54) is 23.5 Å². The van der Waals surface area contributed by atoms with E-state index in [1.807, 2.05) is 42.5 Å². The highest BCUT2D eigenvalue weighted by atomic mass is 79.9. The van der Waals surface area contributed by atoms with Crippen molar-refractivity contribution in [1.82, 2.24) is 9.88 Å². The third kappa shape index (κ3) is 5.52. The molecule has 0 atom stereocenters. The van der Waals surface area contributed by atoms with Gasteiger partial charge in [0, 0.05) is 30.8 Å². The summed E-state index contributed by atoms with van der Waals surface area (Å²) in [5, 5.41) is 0.0280. The summed E-state index contributed by atoms with van der Waals surface area (Å²) in [6.45, 7) is 1.07. The SMILES string of the molecule is COc1ccccc1N(Cc1ccccc1)S(=O)(=O)c1cc(C(=O)N2CC(c3cccnc3Br)C2)ccc1Cl. The number of carbonyl (C=O) groups is 1. The molecule has 2 heterocycles. The van der Waals surface area contributed by atoms with Crippen LogP contribution in [0.4, 0.5) is 5.69 Å². The van der Waals surface area contributed by atoms with Gasteiger partial charge in [0.25, 0.3) is 15.9 Å². The van der Waals surface area contributed by atoms with Crippen molar-refractivity contribution in [3.63, 3.8) is 0 Å². The molecule has 1 aromatic heterocycles. The number of hydrogen-bond donors (Lipinski definition) is 0. The first kappa shape index (κ1) is 27.2. The minimum absolute atomic E-state index is 0.0280. The fourth-order valence-corrected chi connectivity index (χ4v) is 7.10. The molecule has 5 rings (SSSR count). The van der Waals surface area contributed by atoms with Crippen LogP contribution in [0.1, 0.15) is 27.4 Å². The van der Waals surface area contributed by atoms with E-state index >= 15 is 0 Å². The molecule has 39 heavy (non-hydrogen) atoms. The maximum absolute atomic E-state index is 14.2. The number of anilines is 1. The number of halogens is 2. The van der Waals surface area contributed by atoms with Crippen LogP contribution in [0.25, 0.3) is 0 Å². The third-order valence-electron chi connectivity index (χ3n) is 6.67. The minimum atomic E-state index is -4.21. The molecule has 0 saturated carbocycles. The van der Waals surface area contributed by atoms with Crippen LogP contribution in [0.5, 0.6) is 5.75 Å². The largest absolute Gasteiger partial charge is 0.495 e. The van der Waals surface area contributed by atoms with Crippen LogP contribution in [-0.2, 0) is 16.6 Å². The molecule has 10 heteroatoms. The molecule has 0 aliphatic carbocycles. The summed E-state index contributed by atoms with van der Waals surface area (Å²) in [5.41, 5.74) is 2.43. The number of nitrogens with zero attached hydrogens (tertiary/aromatic N) is 3. The quantitative estimate of drug-likeness (QED) is 0.220. The summed E-state index contributed by atoms with van der Waals surface area (Å²) in [6, 6.07) is 24.4. The molecule has 4 aromatic rings. The van der Waals surface area contributed by atoms with Gasteiger partial charge in [0.05, 0.1) is 24.4 Å². The average Bonchev–Trinajstić information content (AvgIpc) is 2.92. The van der Waals surface area contributed by atoms with E-state index in [0.717, 1.165) is 15.7 Å². The van der Waals surface area contributed by atoms with Crippen LogP contribution in [0, 0.1) is 0 Å². The van der Waals surface area contributed by atoms with Gasteiger partial charge in [0.1, 0.15) is 15.2 Å². The monoisotopic (exact) mass is 625 g/mol. The Kier molecular flexibility index (Phi) is 7.93. The first-order valence-electron chi connectivity index (χ1n) is 12.2. The maximum Gasteiger partial charge on any atom is 0.266 e. The molecule has 3 aromatic carbocycles. The van der Waals surface area contributed by atoms with Crippen molar-refractivity contribution >= 4 is 49.1 Å². The van der Waals surface area contributed by atoms with Crippen LogP contribution < -0.4 is 9.04 Å². The average molecular weight is 627 g/mol. The number of amides is 1. The van der Waals surface area contributed by atoms with Crippen LogP contribution in [-0.4, -0.2) is 44.4 Å². The van der Waals surface area contributed by atoms with Crippen LogP contribution in [0.3, 0.4) is 0 Å². The number of methoxy groups -OCH3 is 1. The summed E-state index contributed by atoms with van der Waals surface area (Å²) in [7, 11) is -2.72. The van der Waals surface area contributed by atoms with Crippen molar-refractivity contribution in [2.24, 2.45) is 0 Å². The predicted molar refractivity (Wildman–Crippen MR) is 155 cm³/mol. The van der Waals surface area contributed by atoms with Crippen molar-refractivity contribution in [3.05, 3.63) is 117 Å². The Labute approximate surface area is 241 Å². The Morgan fingerprint density at radius 3 is 2.49 bits per heavy atom. The van der Waals surface area contributed by atoms with E-state index < -0.39 is 10.0 Å². The lowest BCUT2D eigenvalue weighted by molar-refractivity contribution is 0.0601. The van der Waals surface area contributed by atoms with Crippen molar-refractivity contribution in [2.45, 2.75) is 17.4 Å². The number of hydrogen-bond acceptors (Lipinski definition) is 5. The molecule has 0 unspecified atom stereocenters. The van der Waals surface area contributed by atoms with Gasteiger partial charge in [-0.15, -0.1) is 0 Å². The fraction of sp³-hybridized carbons (Fsp3) is 0.172. The van der Waals surface area contributed by atoms with E-state index in [4.69, 9.17) is 16.3 Å². The molecule has 7 nitrogen and oxygen atoms in total. The first-order chi connectivity index (χ1) is 18.8. The van der Waals surface area contributed by atoms with Gasteiger partial charge >= 0.3 is 0 Å². The molecule has 1 amide bonds. The Morgan fingerprint density at radius 2 is 1.77 bits per heavy atom. The third-order valence-corrected chi connectivity index (χ3v) is 9.57. The number of carbonyl (C=O) groups excluding carboxylic acids is 1. The fourth-order valence-electron chi connectivity index (χ4n) is 4.56. The summed E-state index contributed by atoms with van der Waals surface area (Å²) >= 11 is 9.94. The molecule has 1 saturated heterocycles. The highest BCUT2D eigenvalue weighted by molar-refractivity contribution is 9.10. The van der Waals surface area contributed by atoms with E-state index in [2.05, 4.69) is 20.9 Å². The normalized spacial score (nSPS) is 13.6. The van der Waals surface area contributed by atoms with E-state index in [-0.39, 0.29) is 33.9 Å². The van der Waals surface area contributed by atoms with Gasteiger partial charge in [-0.05, 0) is 63.5 Å². The van der Waals surface area contributed by atoms with Gasteiger partial charge in [-0.1, -0.05) is 60.1 Å². The molecule has 1 fully saturated rings. The Morgan fingerprint density at radius 1 is 1.05 bits per heavy atom. The van der Waals surface area contributed by atoms with Gasteiger partial charge in [0.2, 0.25) is 0 Å². The van der Waals surface area contributed by atoms with Crippen molar-refractivity contribution in [1.29, 1.82) is 0 Å². The maximum atomic E-state index is 14.2. The van der Waals surface area contributed by atoms with Crippen LogP contribution in [0.2, 0.25) is 5.02 Å². The summed E-state index contributed by atoms with van der Waals surface area (Å²) < 4.78 is 35.9. The molecule has 1 aliphatic rings. The van der Waals surface area contributed by atoms with Gasteiger partial charge in [-0.25, -0.2) is 13.4 Å². The van der Waals surface area contributed by atoms with E-state index in [9.17, 15) is 13.2 Å². The second kappa shape index (κ2) is 11.4. The van der Waals surface area contributed by atoms with E-state index in [1.54, 1.807) is 41.4 Å². The Balaban J connectivity index is 1.47. The molecule has 0 spiro atoms. The number of benzene rings is 3. The molecule has 1 aliphatic heterocycles. The lowest BCUT2D eigenvalue weighted by Gasteiger charge is -2.39. The number of aromatic nitrogens is 1. The summed E-state index contributed by atoms with van der Waals surface area (Å²) in [6.07, 6.45) is 1.71. The number of para-hydroxylation sites is 2. The topological polar surface area (TPSA) is 79.8 Å². The van der Waals surface area contributed by atoms with Crippen LogP contribution in [0.15, 0.2) is 101 Å². The standard InChI is InChI=1S/C29H25BrClN3O4S/c1-38-26-12-6-5-11-25(26)34(17-20-8-3-2-4-9-20)39(36,37)27-16-21(13-14-24(27)31)29(35)33-18-22(19-33)23-10-7-15-32-28(23)30/h2-16,22H,17-19H2,1H3. The highest BCUT2D eigenvalue weighted by Gasteiger charge is 2.35.